The largest absolute Gasteiger partial charge is 0.449 e. The Kier molecular flexibility index (Phi) is 6.17. The van der Waals surface area contributed by atoms with Gasteiger partial charge in [-0.3, -0.25) is 0 Å². The Hall–Kier alpha value is -2.15. The predicted octanol–water partition coefficient (Wildman–Crippen LogP) is 7.50. The lowest BCUT2D eigenvalue weighted by Gasteiger charge is -2.33. The summed E-state index contributed by atoms with van der Waals surface area (Å²) in [5.74, 6) is 0.704. The molecule has 3 aromatic rings. The average molecular weight is 407 g/mol. The molecule has 3 aromatic carbocycles. The molecule has 0 amide bonds. The van der Waals surface area contributed by atoms with Crippen LogP contribution in [0.15, 0.2) is 66.7 Å². The third-order valence-corrected chi connectivity index (χ3v) is 5.47. The molecule has 0 saturated heterocycles. The highest BCUT2D eigenvalue weighted by Gasteiger charge is 2.29. The van der Waals surface area contributed by atoms with Crippen LogP contribution < -0.4 is 4.52 Å². The minimum atomic E-state index is -0.595. The number of hydrogen-bond donors (Lipinski definition) is 1. The molecule has 0 fully saturated rings. The van der Waals surface area contributed by atoms with Gasteiger partial charge in [-0.05, 0) is 44.7 Å². The zero-order valence-corrected chi connectivity index (χ0v) is 19.2. The summed E-state index contributed by atoms with van der Waals surface area (Å²) in [6, 6.07) is 23.0. The van der Waals surface area contributed by atoms with Gasteiger partial charge in [-0.2, -0.15) is 0 Å². The van der Waals surface area contributed by atoms with Crippen LogP contribution in [0.4, 0.5) is 0 Å². The smallest absolute Gasteiger partial charge is 0.212 e. The quantitative estimate of drug-likeness (QED) is 0.455. The molecule has 152 valence electrons. The monoisotopic (exact) mass is 406 g/mol. The van der Waals surface area contributed by atoms with Gasteiger partial charge in [0.15, 0.2) is 0 Å². The molecule has 29 heavy (non-hydrogen) atoms. The van der Waals surface area contributed by atoms with E-state index < -0.39 is 9.03 Å². The third-order valence-electron chi connectivity index (χ3n) is 5.16. The Bertz CT molecular complexity index is 980. The third kappa shape index (κ3) is 4.55. The van der Waals surface area contributed by atoms with Crippen LogP contribution in [0.2, 0.25) is 0 Å². The van der Waals surface area contributed by atoms with Crippen molar-refractivity contribution in [3.8, 4) is 28.0 Å². The number of benzene rings is 3. The molecule has 0 bridgehead atoms. The average Bonchev–Trinajstić information content (AvgIpc) is 2.67. The molecular weight excluding hydrogens is 375 g/mol. The Morgan fingerprint density at radius 2 is 1.31 bits per heavy atom. The second-order valence-electron chi connectivity index (χ2n) is 9.47. The molecule has 0 aliphatic rings. The first-order valence-corrected chi connectivity index (χ1v) is 10.9. The molecule has 2 nitrogen and oxygen atoms in total. The molecule has 0 radical (unpaired) electrons. The van der Waals surface area contributed by atoms with Crippen molar-refractivity contribution in [2.45, 2.75) is 52.4 Å². The van der Waals surface area contributed by atoms with Gasteiger partial charge in [-0.25, -0.2) is 0 Å². The van der Waals surface area contributed by atoms with Crippen molar-refractivity contribution in [3.05, 3.63) is 77.9 Å². The van der Waals surface area contributed by atoms with Crippen LogP contribution in [0.5, 0.6) is 5.75 Å². The Morgan fingerprint density at radius 1 is 0.690 bits per heavy atom. The van der Waals surface area contributed by atoms with Crippen molar-refractivity contribution in [3.63, 3.8) is 0 Å². The topological polar surface area (TPSA) is 29.5 Å². The Labute approximate surface area is 176 Å². The first-order valence-electron chi connectivity index (χ1n) is 10.0. The van der Waals surface area contributed by atoms with E-state index in [4.69, 9.17) is 4.52 Å². The molecule has 0 saturated carbocycles. The van der Waals surface area contributed by atoms with E-state index in [-0.39, 0.29) is 10.8 Å². The van der Waals surface area contributed by atoms with Gasteiger partial charge in [0.2, 0.25) is 9.03 Å². The first-order chi connectivity index (χ1) is 13.6. The maximum absolute atomic E-state index is 9.49. The van der Waals surface area contributed by atoms with Crippen LogP contribution in [-0.4, -0.2) is 4.89 Å². The summed E-state index contributed by atoms with van der Waals surface area (Å²) in [4.78, 5) is 9.49. The lowest BCUT2D eigenvalue weighted by molar-refractivity contribution is 0.515. The fourth-order valence-electron chi connectivity index (χ4n) is 4.00. The Balaban J connectivity index is 2.40. The van der Waals surface area contributed by atoms with Gasteiger partial charge < -0.3 is 9.42 Å². The summed E-state index contributed by atoms with van der Waals surface area (Å²) >= 11 is 0. The normalized spacial score (nSPS) is 12.5. The van der Waals surface area contributed by atoms with Crippen molar-refractivity contribution in [1.29, 1.82) is 0 Å². The summed E-state index contributed by atoms with van der Waals surface area (Å²) in [5.41, 5.74) is 7.17. The molecule has 3 heteroatoms. The van der Waals surface area contributed by atoms with Crippen molar-refractivity contribution in [2.75, 3.05) is 0 Å². The van der Waals surface area contributed by atoms with E-state index in [2.05, 4.69) is 77.9 Å². The minimum absolute atomic E-state index is 0.0250. The van der Waals surface area contributed by atoms with Crippen molar-refractivity contribution in [1.82, 2.24) is 0 Å². The summed E-state index contributed by atoms with van der Waals surface area (Å²) in [7, 11) is -0.595. The van der Waals surface area contributed by atoms with Crippen LogP contribution in [0.25, 0.3) is 22.3 Å². The minimum Gasteiger partial charge on any atom is -0.449 e. The number of hydrogen-bond acceptors (Lipinski definition) is 2. The van der Waals surface area contributed by atoms with E-state index in [1.807, 2.05) is 30.3 Å². The maximum Gasteiger partial charge on any atom is 0.212 e. The Morgan fingerprint density at radius 3 is 1.90 bits per heavy atom. The second kappa shape index (κ2) is 8.30. The first kappa shape index (κ1) is 21.6. The summed E-state index contributed by atoms with van der Waals surface area (Å²) in [6.07, 6.45) is 0. The van der Waals surface area contributed by atoms with E-state index in [1.165, 1.54) is 16.7 Å². The highest BCUT2D eigenvalue weighted by Crippen LogP contribution is 2.46. The summed E-state index contributed by atoms with van der Waals surface area (Å²) in [6.45, 7) is 13.6. The molecule has 0 heterocycles. The second-order valence-corrected chi connectivity index (χ2v) is 9.85. The summed E-state index contributed by atoms with van der Waals surface area (Å²) in [5, 5.41) is 0. The number of rotatable bonds is 4. The van der Waals surface area contributed by atoms with Gasteiger partial charge in [-0.15, -0.1) is 0 Å². The molecule has 0 spiro atoms. The van der Waals surface area contributed by atoms with Crippen LogP contribution >= 0.6 is 9.03 Å². The van der Waals surface area contributed by atoms with Gasteiger partial charge in [-0.1, -0.05) is 102 Å². The van der Waals surface area contributed by atoms with Gasteiger partial charge >= 0.3 is 0 Å². The maximum atomic E-state index is 9.49. The van der Waals surface area contributed by atoms with Crippen LogP contribution in [0.3, 0.4) is 0 Å². The molecule has 0 aromatic heterocycles. The zero-order chi connectivity index (χ0) is 21.2. The van der Waals surface area contributed by atoms with Gasteiger partial charge in [0.1, 0.15) is 5.75 Å². The molecule has 1 N–H and O–H groups in total. The fourth-order valence-corrected chi connectivity index (χ4v) is 4.27. The lowest BCUT2D eigenvalue weighted by Crippen LogP contribution is -2.23. The van der Waals surface area contributed by atoms with Crippen LogP contribution in [0.1, 0.15) is 52.7 Å². The van der Waals surface area contributed by atoms with Crippen LogP contribution in [0, 0.1) is 0 Å². The lowest BCUT2D eigenvalue weighted by atomic mass is 9.71. The van der Waals surface area contributed by atoms with E-state index in [0.717, 1.165) is 16.7 Å². The zero-order valence-electron chi connectivity index (χ0n) is 18.2. The summed E-state index contributed by atoms with van der Waals surface area (Å²) < 4.78 is 5.66. The van der Waals surface area contributed by atoms with E-state index >= 15 is 0 Å². The van der Waals surface area contributed by atoms with E-state index in [0.29, 0.717) is 5.75 Å². The predicted molar refractivity (Wildman–Crippen MR) is 126 cm³/mol. The van der Waals surface area contributed by atoms with Gasteiger partial charge in [0.25, 0.3) is 0 Å². The SMILES string of the molecule is CC(C)(C)c1cccc(-c2cccc(OPO)c2-c2ccccc2)c1C(C)(C)C. The highest BCUT2D eigenvalue weighted by atomic mass is 31.1. The molecular formula is C26H31O2P. The molecule has 0 aliphatic heterocycles. The molecule has 1 atom stereocenters. The van der Waals surface area contributed by atoms with Crippen molar-refractivity contribution >= 4 is 9.03 Å². The van der Waals surface area contributed by atoms with E-state index in [1.54, 1.807) is 0 Å². The fraction of sp³-hybridized carbons (Fsp3) is 0.308. The van der Waals surface area contributed by atoms with Gasteiger partial charge in [0.05, 0.1) is 0 Å². The van der Waals surface area contributed by atoms with Crippen molar-refractivity contribution in [2.24, 2.45) is 0 Å². The highest BCUT2D eigenvalue weighted by molar-refractivity contribution is 7.25. The molecule has 3 rings (SSSR count). The van der Waals surface area contributed by atoms with Crippen LogP contribution in [-0.2, 0) is 10.8 Å². The van der Waals surface area contributed by atoms with E-state index in [9.17, 15) is 4.89 Å². The molecule has 0 aliphatic carbocycles. The molecule has 1 unspecified atom stereocenters. The van der Waals surface area contributed by atoms with Gasteiger partial charge in [0, 0.05) is 5.56 Å². The standard InChI is InChI=1S/C26H31O2P/c1-25(2,3)21-16-10-15-20(24(21)26(4,5)6)19-14-11-17-22(28-29-27)23(19)18-12-8-7-9-13-18/h7-17,27,29H,1-6H3. The van der Waals surface area contributed by atoms with Crippen molar-refractivity contribution < 1.29 is 9.42 Å².